The van der Waals surface area contributed by atoms with E-state index in [9.17, 15) is 19.8 Å². The van der Waals surface area contributed by atoms with Gasteiger partial charge in [0, 0.05) is 18.0 Å². The van der Waals surface area contributed by atoms with Gasteiger partial charge in [0.2, 0.25) is 5.91 Å². The molecule has 3 rings (SSSR count). The Bertz CT molecular complexity index is 919. The summed E-state index contributed by atoms with van der Waals surface area (Å²) in [6, 6.07) is 10.8. The van der Waals surface area contributed by atoms with Gasteiger partial charge in [0.15, 0.2) is 0 Å². The van der Waals surface area contributed by atoms with Crippen molar-refractivity contribution < 1.29 is 19.8 Å². The summed E-state index contributed by atoms with van der Waals surface area (Å²) < 4.78 is 0.447. The van der Waals surface area contributed by atoms with Crippen LogP contribution in [-0.4, -0.2) is 34.8 Å². The number of hydrazone groups is 1. The first-order valence-electron chi connectivity index (χ1n) is 7.95. The van der Waals surface area contributed by atoms with E-state index in [-0.39, 0.29) is 33.4 Å². The highest BCUT2D eigenvalue weighted by Gasteiger charge is 2.40. The second kappa shape index (κ2) is 8.10. The van der Waals surface area contributed by atoms with Crippen molar-refractivity contribution in [2.45, 2.75) is 5.92 Å². The normalized spacial score (nSPS) is 19.3. The van der Waals surface area contributed by atoms with Crippen LogP contribution in [-0.2, 0) is 9.59 Å². The first kappa shape index (κ1) is 19.4. The molecule has 0 radical (unpaired) electrons. The largest absolute Gasteiger partial charge is 0.506 e. The number of rotatable bonds is 4. The predicted molar refractivity (Wildman–Crippen MR) is 107 cm³/mol. The molecule has 27 heavy (non-hydrogen) atoms. The van der Waals surface area contributed by atoms with E-state index < -0.39 is 11.8 Å². The van der Waals surface area contributed by atoms with Gasteiger partial charge in [0.25, 0.3) is 5.91 Å². The highest BCUT2D eigenvalue weighted by atomic mass is 79.9. The van der Waals surface area contributed by atoms with Gasteiger partial charge in [-0.3, -0.25) is 9.59 Å². The predicted octanol–water partition coefficient (Wildman–Crippen LogP) is 2.60. The topological polar surface area (TPSA) is 111 Å². The molecule has 7 nitrogen and oxygen atoms in total. The van der Waals surface area contributed by atoms with E-state index in [0.29, 0.717) is 11.0 Å². The standard InChI is InChI=1S/C18H15Br2N3O4/c19-12-6-10(15(24)14(20)16(12)25)7-22-23-18(27)13-11(8-21-17(13)26)9-4-2-1-3-5-9/h1-7,11,13,24-25H,8H2,(H,21,26)(H,23,27)/b22-7+/t11-,13-/m1/s1. The molecule has 9 heteroatoms. The van der Waals surface area contributed by atoms with E-state index in [4.69, 9.17) is 0 Å². The Morgan fingerprint density at radius 3 is 2.63 bits per heavy atom. The third kappa shape index (κ3) is 3.98. The molecule has 0 aliphatic carbocycles. The lowest BCUT2D eigenvalue weighted by molar-refractivity contribution is -0.133. The molecule has 2 atom stereocenters. The number of carbonyl (C=O) groups excluding carboxylic acids is 2. The van der Waals surface area contributed by atoms with Crippen LogP contribution in [0.3, 0.4) is 0 Å². The van der Waals surface area contributed by atoms with Crippen LogP contribution in [0.15, 0.2) is 50.4 Å². The maximum absolute atomic E-state index is 12.5. The van der Waals surface area contributed by atoms with E-state index in [1.807, 2.05) is 30.3 Å². The number of phenolic OH excluding ortho intramolecular Hbond substituents is 2. The van der Waals surface area contributed by atoms with Crippen LogP contribution >= 0.6 is 31.9 Å². The zero-order chi connectivity index (χ0) is 19.6. The van der Waals surface area contributed by atoms with Crippen molar-refractivity contribution in [3.05, 3.63) is 56.5 Å². The van der Waals surface area contributed by atoms with Gasteiger partial charge in [-0.15, -0.1) is 0 Å². The molecule has 0 unspecified atom stereocenters. The number of hydrogen-bond donors (Lipinski definition) is 4. The smallest absolute Gasteiger partial charge is 0.253 e. The molecule has 2 aromatic carbocycles. The summed E-state index contributed by atoms with van der Waals surface area (Å²) >= 11 is 6.22. The quantitative estimate of drug-likeness (QED) is 0.296. The second-order valence-corrected chi connectivity index (χ2v) is 7.58. The van der Waals surface area contributed by atoms with Crippen molar-refractivity contribution in [2.24, 2.45) is 11.0 Å². The van der Waals surface area contributed by atoms with Crippen molar-refractivity contribution >= 4 is 49.9 Å². The number of aromatic hydroxyl groups is 2. The average Bonchev–Trinajstić information content (AvgIpc) is 3.06. The molecule has 2 amide bonds. The summed E-state index contributed by atoms with van der Waals surface area (Å²) in [6.07, 6.45) is 1.23. The molecule has 1 heterocycles. The molecular formula is C18H15Br2N3O4. The summed E-state index contributed by atoms with van der Waals surface area (Å²) in [4.78, 5) is 24.6. The van der Waals surface area contributed by atoms with Gasteiger partial charge in [0.05, 0.1) is 10.7 Å². The summed E-state index contributed by atoms with van der Waals surface area (Å²) in [6.45, 7) is 0.378. The van der Waals surface area contributed by atoms with Crippen molar-refractivity contribution in [2.75, 3.05) is 6.54 Å². The van der Waals surface area contributed by atoms with Crippen molar-refractivity contribution in [3.8, 4) is 11.5 Å². The third-order valence-corrected chi connectivity index (χ3v) is 5.62. The highest BCUT2D eigenvalue weighted by Crippen LogP contribution is 2.40. The van der Waals surface area contributed by atoms with Crippen molar-refractivity contribution in [1.29, 1.82) is 0 Å². The molecule has 0 spiro atoms. The highest BCUT2D eigenvalue weighted by molar-refractivity contribution is 9.11. The minimum absolute atomic E-state index is 0.101. The Morgan fingerprint density at radius 2 is 1.93 bits per heavy atom. The fourth-order valence-corrected chi connectivity index (χ4v) is 4.04. The molecule has 4 N–H and O–H groups in total. The van der Waals surface area contributed by atoms with Gasteiger partial charge >= 0.3 is 0 Å². The maximum Gasteiger partial charge on any atom is 0.253 e. The van der Waals surface area contributed by atoms with E-state index in [1.54, 1.807) is 0 Å². The Balaban J connectivity index is 1.75. The van der Waals surface area contributed by atoms with E-state index in [2.05, 4.69) is 47.7 Å². The lowest BCUT2D eigenvalue weighted by Crippen LogP contribution is -2.34. The maximum atomic E-state index is 12.5. The van der Waals surface area contributed by atoms with Crippen LogP contribution in [0, 0.1) is 5.92 Å². The fraction of sp³-hybridized carbons (Fsp3) is 0.167. The minimum atomic E-state index is -0.892. The molecular weight excluding hydrogens is 482 g/mol. The molecule has 1 fully saturated rings. The third-order valence-electron chi connectivity index (χ3n) is 4.27. The number of amides is 2. The summed E-state index contributed by atoms with van der Waals surface area (Å²) in [5.74, 6) is -2.44. The summed E-state index contributed by atoms with van der Waals surface area (Å²) in [7, 11) is 0. The zero-order valence-corrected chi connectivity index (χ0v) is 17.0. The SMILES string of the molecule is O=C1NC[C@H](c2ccccc2)[C@H]1C(=O)N/N=C/c1cc(Br)c(O)c(Br)c1O. The first-order chi connectivity index (χ1) is 12.9. The summed E-state index contributed by atoms with van der Waals surface area (Å²) in [5.41, 5.74) is 3.51. The van der Waals surface area contributed by atoms with Gasteiger partial charge in [-0.1, -0.05) is 30.3 Å². The van der Waals surface area contributed by atoms with Crippen molar-refractivity contribution in [1.82, 2.24) is 10.7 Å². The van der Waals surface area contributed by atoms with Gasteiger partial charge < -0.3 is 15.5 Å². The molecule has 1 saturated heterocycles. The number of nitrogens with zero attached hydrogens (tertiary/aromatic N) is 1. The summed E-state index contributed by atoms with van der Waals surface area (Å²) in [5, 5.41) is 26.3. The molecule has 0 saturated carbocycles. The molecule has 140 valence electrons. The van der Waals surface area contributed by atoms with Crippen LogP contribution in [0.5, 0.6) is 11.5 Å². The Morgan fingerprint density at radius 1 is 1.22 bits per heavy atom. The second-order valence-electron chi connectivity index (χ2n) is 5.93. The van der Waals surface area contributed by atoms with E-state index in [1.165, 1.54) is 12.3 Å². The van der Waals surface area contributed by atoms with Crippen LogP contribution in [0.25, 0.3) is 0 Å². The number of phenols is 2. The number of nitrogens with one attached hydrogen (secondary N) is 2. The molecule has 1 aliphatic rings. The fourth-order valence-electron chi connectivity index (χ4n) is 2.88. The van der Waals surface area contributed by atoms with Crippen molar-refractivity contribution in [3.63, 3.8) is 0 Å². The van der Waals surface area contributed by atoms with Crippen LogP contribution in [0.2, 0.25) is 0 Å². The zero-order valence-electron chi connectivity index (χ0n) is 13.8. The number of halogens is 2. The lowest BCUT2D eigenvalue weighted by atomic mass is 9.88. The van der Waals surface area contributed by atoms with Gasteiger partial charge in [0.1, 0.15) is 21.9 Å². The number of hydrogen-bond acceptors (Lipinski definition) is 5. The lowest BCUT2D eigenvalue weighted by Gasteiger charge is -2.15. The van der Waals surface area contributed by atoms with Gasteiger partial charge in [-0.05, 0) is 43.5 Å². The molecule has 2 aromatic rings. The monoisotopic (exact) mass is 495 g/mol. The average molecular weight is 497 g/mol. The van der Waals surface area contributed by atoms with Gasteiger partial charge in [-0.2, -0.15) is 5.10 Å². The Labute approximate surface area is 171 Å². The minimum Gasteiger partial charge on any atom is -0.506 e. The Kier molecular flexibility index (Phi) is 5.81. The van der Waals surface area contributed by atoms with Crippen LogP contribution in [0.4, 0.5) is 0 Å². The van der Waals surface area contributed by atoms with Crippen LogP contribution < -0.4 is 10.7 Å². The number of benzene rings is 2. The number of carbonyl (C=O) groups is 2. The van der Waals surface area contributed by atoms with E-state index >= 15 is 0 Å². The molecule has 0 bridgehead atoms. The van der Waals surface area contributed by atoms with Gasteiger partial charge in [-0.25, -0.2) is 5.43 Å². The molecule has 1 aliphatic heterocycles. The first-order valence-corrected chi connectivity index (χ1v) is 9.54. The van der Waals surface area contributed by atoms with E-state index in [0.717, 1.165) is 5.56 Å². The Hall–Kier alpha value is -2.39. The molecule has 0 aromatic heterocycles. The van der Waals surface area contributed by atoms with Crippen LogP contribution in [0.1, 0.15) is 17.0 Å².